The fraction of sp³-hybridized carbons (Fsp3) is 0.905. The van der Waals surface area contributed by atoms with Crippen molar-refractivity contribution < 1.29 is 95.3 Å². The Hall–Kier alpha value is -3.79. The van der Waals surface area contributed by atoms with Crippen molar-refractivity contribution in [3.05, 3.63) is 0 Å². The molecule has 0 bridgehead atoms. The maximum Gasteiger partial charge on any atom is 0.309 e. The SMILES string of the molecule is CCCCCCCCSCC(C)C(=O)OCCOC(=O)CCN(CCCCCCCNCCCCCCCN(CCC(=O)OCCOC(=O)C(C)CSCCCCCCCC)CCC(=O)OCCOC(=O)C(C)CSCCCCCCCC)CCNCCN(C)C.CCCCCCCCSCC(C)C(=O)OCCOC(=O)CCNCCC(=O)OCCOC(=O)C(C)CSCCCCCCCC. The van der Waals surface area contributed by atoms with E-state index in [-0.39, 0.29) is 169 Å². The zero-order valence-corrected chi connectivity index (χ0v) is 92.2. The molecular formula is C105H200N6O20S5. The largest absolute Gasteiger partial charge is 0.462 e. The van der Waals surface area contributed by atoms with Crippen LogP contribution in [-0.2, 0) is 95.3 Å². The highest BCUT2D eigenvalue weighted by Crippen LogP contribution is 2.21. The average Bonchev–Trinajstić information content (AvgIpc) is 1.19. The number of ether oxygens (including phenoxy) is 10. The third kappa shape index (κ3) is 96.3. The molecule has 0 saturated heterocycles. The summed E-state index contributed by atoms with van der Waals surface area (Å²) in [6.45, 7) is 30.4. The molecule has 0 aliphatic heterocycles. The summed E-state index contributed by atoms with van der Waals surface area (Å²) in [5, 5.41) is 10.2. The van der Waals surface area contributed by atoms with Crippen LogP contribution in [0.25, 0.3) is 0 Å². The summed E-state index contributed by atoms with van der Waals surface area (Å²) < 4.78 is 53.3. The van der Waals surface area contributed by atoms with Crippen molar-refractivity contribution in [2.45, 2.75) is 358 Å². The van der Waals surface area contributed by atoms with E-state index in [4.69, 9.17) is 47.4 Å². The van der Waals surface area contributed by atoms with Gasteiger partial charge in [-0.1, -0.05) is 268 Å². The van der Waals surface area contributed by atoms with E-state index in [0.717, 1.165) is 161 Å². The molecule has 0 radical (unpaired) electrons. The van der Waals surface area contributed by atoms with Gasteiger partial charge < -0.3 is 78.0 Å². The molecule has 5 unspecified atom stereocenters. The van der Waals surface area contributed by atoms with E-state index in [2.05, 4.69) is 79.4 Å². The van der Waals surface area contributed by atoms with Crippen LogP contribution in [0.4, 0.5) is 0 Å². The minimum absolute atomic E-state index is 0.00748. The van der Waals surface area contributed by atoms with E-state index in [9.17, 15) is 47.9 Å². The van der Waals surface area contributed by atoms with E-state index >= 15 is 0 Å². The first kappa shape index (κ1) is 134. The number of carbonyl (C=O) groups is 10. The van der Waals surface area contributed by atoms with Gasteiger partial charge in [0.15, 0.2) is 0 Å². The summed E-state index contributed by atoms with van der Waals surface area (Å²) >= 11 is 8.96. The number of rotatable bonds is 102. The zero-order valence-electron chi connectivity index (χ0n) is 88.1. The van der Waals surface area contributed by atoms with Crippen LogP contribution < -0.4 is 16.0 Å². The molecule has 0 aromatic carbocycles. The lowest BCUT2D eigenvalue weighted by atomic mass is 10.1. The van der Waals surface area contributed by atoms with Gasteiger partial charge in [-0.15, -0.1) is 0 Å². The minimum atomic E-state index is -0.402. The molecule has 0 heterocycles. The molecule has 26 nitrogen and oxygen atoms in total. The molecule has 31 heteroatoms. The van der Waals surface area contributed by atoms with Gasteiger partial charge in [0.2, 0.25) is 0 Å². The molecule has 5 atom stereocenters. The van der Waals surface area contributed by atoms with Gasteiger partial charge in [0.25, 0.3) is 0 Å². The number of likely N-dealkylation sites (N-methyl/N-ethyl adjacent to an activating group) is 1. The fourth-order valence-electron chi connectivity index (χ4n) is 14.1. The Morgan fingerprint density at radius 1 is 0.213 bits per heavy atom. The second kappa shape index (κ2) is 104. The van der Waals surface area contributed by atoms with E-state index in [1.165, 1.54) is 205 Å². The Balaban J connectivity index is 0. The van der Waals surface area contributed by atoms with Gasteiger partial charge in [0.1, 0.15) is 66.1 Å². The Labute approximate surface area is 849 Å². The summed E-state index contributed by atoms with van der Waals surface area (Å²) in [5.41, 5.74) is 0. The third-order valence-corrected chi connectivity index (χ3v) is 29.5. The molecule has 136 heavy (non-hydrogen) atoms. The van der Waals surface area contributed by atoms with Crippen LogP contribution in [0.2, 0.25) is 0 Å². The van der Waals surface area contributed by atoms with E-state index in [1.54, 1.807) is 47.0 Å². The maximum absolute atomic E-state index is 12.8. The minimum Gasteiger partial charge on any atom is -0.462 e. The van der Waals surface area contributed by atoms with Crippen LogP contribution in [-0.4, -0.2) is 297 Å². The first-order valence-electron chi connectivity index (χ1n) is 53.8. The van der Waals surface area contributed by atoms with Gasteiger partial charge in [-0.05, 0) is 127 Å². The molecule has 0 aliphatic rings. The smallest absolute Gasteiger partial charge is 0.309 e. The number of esters is 10. The first-order chi connectivity index (χ1) is 66.0. The van der Waals surface area contributed by atoms with Crippen LogP contribution in [0, 0.1) is 29.6 Å². The molecule has 0 fully saturated rings. The lowest BCUT2D eigenvalue weighted by molar-refractivity contribution is -0.154. The normalized spacial score (nSPS) is 12.5. The molecule has 800 valence electrons. The van der Waals surface area contributed by atoms with Gasteiger partial charge in [0.05, 0.1) is 61.7 Å². The lowest BCUT2D eigenvalue weighted by Crippen LogP contribution is -2.36. The summed E-state index contributed by atoms with van der Waals surface area (Å²) in [7, 11) is 4.14. The standard InChI is InChI=1S/C71H137N5O12S3.C34H63NO8S2/c1-9-12-15-18-27-34-57-89-60-63(4)69(80)86-54-51-83-66(77)37-46-75(47-38-67(78)84-52-55-87-70(81)64(5)61-90-58-35-28-19-16-13-10-2)44-32-25-21-23-30-40-72-41-31-24-22-26-33-45-76(50-43-73-42-49-74(7)8)48-39-68(79)85-53-56-88-71(82)65(6)62-91-59-36-29-20-17-14-11-3;1-5-7-9-11-13-15-25-44-27-29(3)33(38)42-23-21-40-31(36)17-19-35-20-18-32(37)41-22-24-43-34(39)30(4)28-45-26-16-14-12-10-8-6-2/h63-65,72-73H,9-62H2,1-8H3;29-30,35H,5-28H2,1-4H3. The molecule has 0 spiro atoms. The van der Waals surface area contributed by atoms with Crippen molar-refractivity contribution in [2.75, 3.05) is 223 Å². The monoisotopic (exact) mass is 2030 g/mol. The number of nitrogens with zero attached hydrogens (tertiary/aromatic N) is 3. The summed E-state index contributed by atoms with van der Waals surface area (Å²) in [6, 6.07) is 0. The molecule has 0 aromatic heterocycles. The lowest BCUT2D eigenvalue weighted by Gasteiger charge is -2.22. The highest BCUT2D eigenvalue weighted by Gasteiger charge is 2.22. The Morgan fingerprint density at radius 3 is 0.669 bits per heavy atom. The molecule has 0 saturated carbocycles. The van der Waals surface area contributed by atoms with Crippen LogP contribution in [0.1, 0.15) is 358 Å². The highest BCUT2D eigenvalue weighted by molar-refractivity contribution is 8.00. The van der Waals surface area contributed by atoms with Crippen molar-refractivity contribution in [3.63, 3.8) is 0 Å². The highest BCUT2D eigenvalue weighted by atomic mass is 32.2. The van der Waals surface area contributed by atoms with Crippen molar-refractivity contribution in [2.24, 2.45) is 29.6 Å². The van der Waals surface area contributed by atoms with Crippen LogP contribution in [0.15, 0.2) is 0 Å². The van der Waals surface area contributed by atoms with Crippen molar-refractivity contribution in [1.82, 2.24) is 30.7 Å². The van der Waals surface area contributed by atoms with E-state index in [0.29, 0.717) is 39.1 Å². The zero-order chi connectivity index (χ0) is 100. The predicted octanol–water partition coefficient (Wildman–Crippen LogP) is 20.8. The Bertz CT molecular complexity index is 2680. The number of hydrogen-bond acceptors (Lipinski definition) is 31. The van der Waals surface area contributed by atoms with Gasteiger partial charge in [0, 0.05) is 87.7 Å². The van der Waals surface area contributed by atoms with E-state index < -0.39 is 11.9 Å². The topological polar surface area (TPSA) is 309 Å². The van der Waals surface area contributed by atoms with Gasteiger partial charge in [-0.3, -0.25) is 47.9 Å². The number of unbranched alkanes of at least 4 members (excludes halogenated alkanes) is 33. The van der Waals surface area contributed by atoms with E-state index in [1.807, 2.05) is 46.4 Å². The Kier molecular flexibility index (Phi) is 103. The average molecular weight is 2030 g/mol. The van der Waals surface area contributed by atoms with Crippen LogP contribution in [0.5, 0.6) is 0 Å². The van der Waals surface area contributed by atoms with Crippen molar-refractivity contribution in [1.29, 1.82) is 0 Å². The number of nitrogens with one attached hydrogen (secondary N) is 3. The number of hydrogen-bond donors (Lipinski definition) is 3. The van der Waals surface area contributed by atoms with Crippen LogP contribution >= 0.6 is 58.8 Å². The maximum atomic E-state index is 12.8. The Morgan fingerprint density at radius 2 is 0.412 bits per heavy atom. The number of thioether (sulfide) groups is 5. The van der Waals surface area contributed by atoms with Gasteiger partial charge in [-0.2, -0.15) is 58.8 Å². The second-order valence-corrected chi connectivity index (χ2v) is 42.4. The second-order valence-electron chi connectivity index (χ2n) is 36.7. The third-order valence-electron chi connectivity index (χ3n) is 22.9. The molecule has 0 rings (SSSR count). The number of carbonyl (C=O) groups excluding carboxylic acids is 10. The fourth-order valence-corrected chi connectivity index (χ4v) is 19.4. The molecule has 0 amide bonds. The molecule has 0 aliphatic carbocycles. The van der Waals surface area contributed by atoms with Crippen LogP contribution in [0.3, 0.4) is 0 Å². The van der Waals surface area contributed by atoms with Crippen molar-refractivity contribution >= 4 is 119 Å². The van der Waals surface area contributed by atoms with Gasteiger partial charge >= 0.3 is 59.7 Å². The van der Waals surface area contributed by atoms with Crippen molar-refractivity contribution in [3.8, 4) is 0 Å². The van der Waals surface area contributed by atoms with Gasteiger partial charge in [-0.25, -0.2) is 0 Å². The summed E-state index contributed by atoms with van der Waals surface area (Å²) in [6.07, 6.45) is 49.8. The predicted molar refractivity (Wildman–Crippen MR) is 568 cm³/mol. The molecule has 0 aromatic rings. The first-order valence-corrected chi connectivity index (χ1v) is 59.5. The molecule has 3 N–H and O–H groups in total. The summed E-state index contributed by atoms with van der Waals surface area (Å²) in [4.78, 5) is 130. The quantitative estimate of drug-likeness (QED) is 0.0289. The molecular weight excluding hydrogens is 1830 g/mol. The summed E-state index contributed by atoms with van der Waals surface area (Å²) in [5.74, 6) is 4.86.